The van der Waals surface area contributed by atoms with Gasteiger partial charge in [0.15, 0.2) is 0 Å². The van der Waals surface area contributed by atoms with Crippen LogP contribution in [0.3, 0.4) is 0 Å². The van der Waals surface area contributed by atoms with Crippen LogP contribution in [0.4, 0.5) is 10.1 Å². The molecule has 1 heterocycles. The average Bonchev–Trinajstić information content (AvgIpc) is 3.23. The molecule has 29 heavy (non-hydrogen) atoms. The fourth-order valence-electron chi connectivity index (χ4n) is 4.76. The molecular formula is C26H24FNS. The molecule has 0 saturated carbocycles. The van der Waals surface area contributed by atoms with Crippen LogP contribution >= 0.6 is 11.8 Å². The number of hydrogen-bond acceptors (Lipinski definition) is 2. The predicted octanol–water partition coefficient (Wildman–Crippen LogP) is 7.25. The normalized spacial score (nSPS) is 22.1. The standard InChI is InChI=1S/C26H24FNS/c1-17-13-18(16-29-21-9-3-2-4-10-21)14-24-22-11-6-12-23(22)26(28-25(17)24)19-7-5-8-20(27)15-19/h2-11,13-15,22-23,26,28H,12,16H2,1H3/t22-,23-,26+/m0/s1. The highest BCUT2D eigenvalue weighted by molar-refractivity contribution is 7.98. The van der Waals surface area contributed by atoms with E-state index in [0.717, 1.165) is 17.7 Å². The predicted molar refractivity (Wildman–Crippen MR) is 120 cm³/mol. The molecule has 0 aromatic heterocycles. The van der Waals surface area contributed by atoms with Crippen molar-refractivity contribution in [3.8, 4) is 0 Å². The molecule has 0 radical (unpaired) electrons. The van der Waals surface area contributed by atoms with Gasteiger partial charge in [-0.25, -0.2) is 4.39 Å². The zero-order valence-corrected chi connectivity index (χ0v) is 17.3. The molecule has 1 aliphatic heterocycles. The smallest absolute Gasteiger partial charge is 0.123 e. The highest BCUT2D eigenvalue weighted by atomic mass is 32.2. The van der Waals surface area contributed by atoms with Gasteiger partial charge in [-0.3, -0.25) is 0 Å². The summed E-state index contributed by atoms with van der Waals surface area (Å²) in [4.78, 5) is 1.30. The number of anilines is 1. The third-order valence-corrected chi connectivity index (χ3v) is 7.17. The average molecular weight is 402 g/mol. The van der Waals surface area contributed by atoms with Crippen LogP contribution in [0.5, 0.6) is 0 Å². The monoisotopic (exact) mass is 401 g/mol. The van der Waals surface area contributed by atoms with Gasteiger partial charge in [0.25, 0.3) is 0 Å². The van der Waals surface area contributed by atoms with Crippen molar-refractivity contribution in [3.63, 3.8) is 0 Å². The molecule has 1 aliphatic carbocycles. The van der Waals surface area contributed by atoms with Gasteiger partial charge >= 0.3 is 0 Å². The fraction of sp³-hybridized carbons (Fsp3) is 0.231. The number of benzene rings is 3. The molecule has 0 spiro atoms. The van der Waals surface area contributed by atoms with Crippen LogP contribution in [-0.4, -0.2) is 0 Å². The summed E-state index contributed by atoms with van der Waals surface area (Å²) in [5, 5.41) is 3.77. The van der Waals surface area contributed by atoms with Crippen molar-refractivity contribution in [2.24, 2.45) is 5.92 Å². The molecule has 0 saturated heterocycles. The van der Waals surface area contributed by atoms with E-state index >= 15 is 0 Å². The zero-order chi connectivity index (χ0) is 19.8. The van der Waals surface area contributed by atoms with Gasteiger partial charge < -0.3 is 5.32 Å². The Hall–Kier alpha value is -2.52. The van der Waals surface area contributed by atoms with Gasteiger partial charge in [-0.1, -0.05) is 54.6 Å². The molecule has 0 unspecified atom stereocenters. The number of allylic oxidation sites excluding steroid dienone is 2. The molecule has 5 rings (SSSR count). The largest absolute Gasteiger partial charge is 0.377 e. The molecule has 3 atom stereocenters. The maximum absolute atomic E-state index is 13.9. The Kier molecular flexibility index (Phi) is 4.92. The summed E-state index contributed by atoms with van der Waals surface area (Å²) in [6.45, 7) is 2.18. The van der Waals surface area contributed by atoms with E-state index in [1.165, 1.54) is 33.3 Å². The molecule has 3 heteroatoms. The molecule has 146 valence electrons. The Bertz CT molecular complexity index is 1060. The van der Waals surface area contributed by atoms with E-state index in [1.54, 1.807) is 6.07 Å². The lowest BCUT2D eigenvalue weighted by atomic mass is 9.76. The molecule has 1 nitrogen and oxygen atoms in total. The summed E-state index contributed by atoms with van der Waals surface area (Å²) in [5.74, 6) is 1.62. The Labute approximate surface area is 176 Å². The first kappa shape index (κ1) is 18.5. The quantitative estimate of drug-likeness (QED) is 0.365. The maximum atomic E-state index is 13.9. The molecule has 2 aliphatic rings. The van der Waals surface area contributed by atoms with Crippen molar-refractivity contribution in [3.05, 3.63) is 107 Å². The third-order valence-electron chi connectivity index (χ3n) is 6.08. The summed E-state index contributed by atoms with van der Waals surface area (Å²) in [6, 6.07) is 22.4. The van der Waals surface area contributed by atoms with Crippen LogP contribution in [0.15, 0.2) is 83.8 Å². The second-order valence-electron chi connectivity index (χ2n) is 8.01. The van der Waals surface area contributed by atoms with Crippen LogP contribution in [0.2, 0.25) is 0 Å². The summed E-state index contributed by atoms with van der Waals surface area (Å²) < 4.78 is 13.9. The molecule has 3 aromatic carbocycles. The SMILES string of the molecule is Cc1cc(CSc2ccccc2)cc2c1N[C@H](c1cccc(F)c1)[C@H]1CC=C[C@H]21. The van der Waals surface area contributed by atoms with Crippen LogP contribution in [0.1, 0.15) is 40.6 Å². The van der Waals surface area contributed by atoms with Crippen molar-refractivity contribution in [2.75, 3.05) is 5.32 Å². The van der Waals surface area contributed by atoms with Gasteiger partial charge in [0.05, 0.1) is 6.04 Å². The van der Waals surface area contributed by atoms with Crippen molar-refractivity contribution < 1.29 is 4.39 Å². The highest BCUT2D eigenvalue weighted by Crippen LogP contribution is 2.51. The van der Waals surface area contributed by atoms with Gasteiger partial charge in [-0.05, 0) is 65.8 Å². The van der Waals surface area contributed by atoms with Gasteiger partial charge in [0, 0.05) is 22.3 Å². The first-order valence-electron chi connectivity index (χ1n) is 10.2. The van der Waals surface area contributed by atoms with E-state index in [2.05, 4.69) is 66.9 Å². The number of nitrogens with one attached hydrogen (secondary N) is 1. The first-order chi connectivity index (χ1) is 14.2. The van der Waals surface area contributed by atoms with Crippen LogP contribution < -0.4 is 5.32 Å². The number of aryl methyl sites for hydroxylation is 1. The Balaban J connectivity index is 1.47. The van der Waals surface area contributed by atoms with Gasteiger partial charge in [-0.15, -0.1) is 11.8 Å². The first-order valence-corrected chi connectivity index (χ1v) is 11.2. The van der Waals surface area contributed by atoms with Crippen molar-refractivity contribution in [2.45, 2.75) is 36.0 Å². The number of rotatable bonds is 4. The van der Waals surface area contributed by atoms with E-state index in [-0.39, 0.29) is 11.9 Å². The van der Waals surface area contributed by atoms with E-state index < -0.39 is 0 Å². The minimum absolute atomic E-state index is 0.140. The highest BCUT2D eigenvalue weighted by Gasteiger charge is 2.38. The van der Waals surface area contributed by atoms with E-state index in [9.17, 15) is 4.39 Å². The fourth-order valence-corrected chi connectivity index (χ4v) is 5.61. The Morgan fingerprint density at radius 1 is 1.03 bits per heavy atom. The van der Waals surface area contributed by atoms with Crippen LogP contribution in [0, 0.1) is 18.7 Å². The summed E-state index contributed by atoms with van der Waals surface area (Å²) >= 11 is 1.88. The lowest BCUT2D eigenvalue weighted by Crippen LogP contribution is -2.29. The molecule has 1 N–H and O–H groups in total. The summed E-state index contributed by atoms with van der Waals surface area (Å²) in [7, 11) is 0. The topological polar surface area (TPSA) is 12.0 Å². The number of fused-ring (bicyclic) bond motifs is 3. The van der Waals surface area contributed by atoms with Crippen molar-refractivity contribution in [1.82, 2.24) is 0 Å². The lowest BCUT2D eigenvalue weighted by Gasteiger charge is -2.38. The minimum Gasteiger partial charge on any atom is -0.377 e. The van der Waals surface area contributed by atoms with E-state index in [1.807, 2.05) is 23.9 Å². The van der Waals surface area contributed by atoms with Crippen molar-refractivity contribution >= 4 is 17.4 Å². The summed E-state index contributed by atoms with van der Waals surface area (Å²) in [6.07, 6.45) is 5.67. The van der Waals surface area contributed by atoms with E-state index in [0.29, 0.717) is 11.8 Å². The minimum atomic E-state index is -0.164. The number of thioether (sulfide) groups is 1. The number of halogens is 1. The van der Waals surface area contributed by atoms with Gasteiger partial charge in [0.2, 0.25) is 0 Å². The van der Waals surface area contributed by atoms with Crippen LogP contribution in [0.25, 0.3) is 0 Å². The molecule has 0 bridgehead atoms. The van der Waals surface area contributed by atoms with Crippen molar-refractivity contribution in [1.29, 1.82) is 0 Å². The van der Waals surface area contributed by atoms with Crippen LogP contribution in [-0.2, 0) is 5.75 Å². The maximum Gasteiger partial charge on any atom is 0.123 e. The van der Waals surface area contributed by atoms with Gasteiger partial charge in [-0.2, -0.15) is 0 Å². The van der Waals surface area contributed by atoms with E-state index in [4.69, 9.17) is 0 Å². The molecule has 0 amide bonds. The third kappa shape index (κ3) is 3.60. The lowest BCUT2D eigenvalue weighted by molar-refractivity contribution is 0.423. The Morgan fingerprint density at radius 3 is 2.72 bits per heavy atom. The second kappa shape index (κ2) is 7.72. The Morgan fingerprint density at radius 2 is 1.90 bits per heavy atom. The zero-order valence-electron chi connectivity index (χ0n) is 16.4. The second-order valence-corrected chi connectivity index (χ2v) is 9.06. The number of hydrogen-bond donors (Lipinski definition) is 1. The molecule has 3 aromatic rings. The molecular weight excluding hydrogens is 377 g/mol. The summed E-state index contributed by atoms with van der Waals surface area (Å²) in [5.41, 5.74) is 6.28. The molecule has 0 fully saturated rings. The van der Waals surface area contributed by atoms with Gasteiger partial charge in [0.1, 0.15) is 5.82 Å².